The largest absolute Gasteiger partial charge is 0.466 e. The molecule has 1 aromatic carbocycles. The maximum absolute atomic E-state index is 13.0. The molecule has 0 spiro atoms. The van der Waals surface area contributed by atoms with E-state index in [0.717, 1.165) is 18.2 Å². The zero-order chi connectivity index (χ0) is 20.3. The van der Waals surface area contributed by atoms with Crippen LogP contribution in [0.2, 0.25) is 5.02 Å². The number of benzene rings is 1. The molecule has 0 fully saturated rings. The molecule has 0 aliphatic rings. The number of alkyl halides is 3. The van der Waals surface area contributed by atoms with Crippen LogP contribution in [0.5, 0.6) is 0 Å². The second-order valence-electron chi connectivity index (χ2n) is 6.53. The summed E-state index contributed by atoms with van der Waals surface area (Å²) in [6.45, 7) is 5.87. The molecule has 1 rings (SSSR count). The highest BCUT2D eigenvalue weighted by Gasteiger charge is 2.35. The smallest absolute Gasteiger partial charge is 0.416 e. The molecule has 1 N–H and O–H groups in total. The lowest BCUT2D eigenvalue weighted by atomic mass is 10.0. The molecule has 0 bridgehead atoms. The number of hydrogen-bond donors (Lipinski definition) is 1. The molecule has 0 aliphatic carbocycles. The topological polar surface area (TPSA) is 72.5 Å². The van der Waals surface area contributed by atoms with Crippen LogP contribution in [0.15, 0.2) is 18.2 Å². The molecule has 0 unspecified atom stereocenters. The first-order valence-corrected chi connectivity index (χ1v) is 9.59. The molecular weight excluding hydrogens is 395 g/mol. The van der Waals surface area contributed by atoms with E-state index >= 15 is 0 Å². The van der Waals surface area contributed by atoms with Crippen LogP contribution < -0.4 is 4.72 Å². The maximum Gasteiger partial charge on any atom is 0.416 e. The summed E-state index contributed by atoms with van der Waals surface area (Å²) in [6.07, 6.45) is -5.14. The van der Waals surface area contributed by atoms with Crippen molar-refractivity contribution in [3.8, 4) is 0 Å². The summed E-state index contributed by atoms with van der Waals surface area (Å²) in [5.74, 6) is -0.761. The minimum atomic E-state index is -4.64. The van der Waals surface area contributed by atoms with Gasteiger partial charge < -0.3 is 4.74 Å². The van der Waals surface area contributed by atoms with E-state index in [1.54, 1.807) is 6.92 Å². The van der Waals surface area contributed by atoms with E-state index in [1.165, 1.54) is 20.8 Å². The zero-order valence-electron chi connectivity index (χ0n) is 14.8. The number of sulfonamides is 1. The first-order valence-electron chi connectivity index (χ1n) is 7.73. The summed E-state index contributed by atoms with van der Waals surface area (Å²) < 4.78 is 69.7. The van der Waals surface area contributed by atoms with Crippen LogP contribution in [-0.2, 0) is 25.7 Å². The predicted molar refractivity (Wildman–Crippen MR) is 92.3 cm³/mol. The lowest BCUT2D eigenvalue weighted by molar-refractivity contribution is -0.143. The van der Waals surface area contributed by atoms with Crippen molar-refractivity contribution < 1.29 is 31.1 Å². The Morgan fingerprint density at radius 2 is 1.85 bits per heavy atom. The van der Waals surface area contributed by atoms with Gasteiger partial charge in [0.2, 0.25) is 10.0 Å². The van der Waals surface area contributed by atoms with Crippen molar-refractivity contribution in [3.05, 3.63) is 34.3 Å². The Labute approximate surface area is 155 Å². The van der Waals surface area contributed by atoms with Gasteiger partial charge in [0.05, 0.1) is 29.4 Å². The molecule has 0 saturated heterocycles. The van der Waals surface area contributed by atoms with Gasteiger partial charge in [-0.2, -0.15) is 13.2 Å². The van der Waals surface area contributed by atoms with Gasteiger partial charge in [-0.3, -0.25) is 4.79 Å². The van der Waals surface area contributed by atoms with Crippen LogP contribution >= 0.6 is 11.6 Å². The maximum atomic E-state index is 13.0. The third kappa shape index (κ3) is 5.85. The molecule has 1 atom stereocenters. The molecule has 0 aromatic heterocycles. The van der Waals surface area contributed by atoms with Crippen LogP contribution in [0.3, 0.4) is 0 Å². The van der Waals surface area contributed by atoms with Gasteiger partial charge in [0.1, 0.15) is 0 Å². The molecule has 26 heavy (non-hydrogen) atoms. The minimum Gasteiger partial charge on any atom is -0.466 e. The van der Waals surface area contributed by atoms with Crippen LogP contribution in [0.25, 0.3) is 0 Å². The van der Waals surface area contributed by atoms with E-state index < -0.39 is 44.9 Å². The third-order valence-electron chi connectivity index (χ3n) is 3.48. The summed E-state index contributed by atoms with van der Waals surface area (Å²) in [4.78, 5) is 11.8. The van der Waals surface area contributed by atoms with Gasteiger partial charge >= 0.3 is 12.1 Å². The summed E-state index contributed by atoms with van der Waals surface area (Å²) >= 11 is 5.99. The number of ether oxygens (including phenoxy) is 1. The van der Waals surface area contributed by atoms with Gasteiger partial charge in [0, 0.05) is 5.02 Å². The van der Waals surface area contributed by atoms with Gasteiger partial charge in [0.15, 0.2) is 0 Å². The Morgan fingerprint density at radius 3 is 2.31 bits per heavy atom. The van der Waals surface area contributed by atoms with Crippen molar-refractivity contribution in [1.82, 2.24) is 4.72 Å². The Bertz CT molecular complexity index is 758. The number of halogens is 4. The SMILES string of the molecule is CCOC(=O)C[C@H](NS(=O)(=O)C(C)(C)C)c1cc(C(F)(F)F)ccc1Cl. The molecule has 0 amide bonds. The van der Waals surface area contributed by atoms with Crippen LogP contribution in [0.4, 0.5) is 13.2 Å². The van der Waals surface area contributed by atoms with E-state index in [-0.39, 0.29) is 17.2 Å². The highest BCUT2D eigenvalue weighted by atomic mass is 35.5. The van der Waals surface area contributed by atoms with E-state index in [0.29, 0.717) is 0 Å². The van der Waals surface area contributed by atoms with Crippen molar-refractivity contribution in [1.29, 1.82) is 0 Å². The average molecular weight is 416 g/mol. The van der Waals surface area contributed by atoms with Crippen molar-refractivity contribution >= 4 is 27.6 Å². The highest BCUT2D eigenvalue weighted by Crippen LogP contribution is 2.35. The predicted octanol–water partition coefficient (Wildman–Crippen LogP) is 4.07. The van der Waals surface area contributed by atoms with E-state index in [2.05, 4.69) is 4.72 Å². The fraction of sp³-hybridized carbons (Fsp3) is 0.562. The molecule has 0 heterocycles. The van der Waals surface area contributed by atoms with Crippen LogP contribution in [0.1, 0.15) is 51.3 Å². The first kappa shape index (κ1) is 22.7. The summed E-state index contributed by atoms with van der Waals surface area (Å²) in [6, 6.07) is 1.24. The lowest BCUT2D eigenvalue weighted by Gasteiger charge is -2.26. The highest BCUT2D eigenvalue weighted by molar-refractivity contribution is 7.90. The number of nitrogens with one attached hydrogen (secondary N) is 1. The summed E-state index contributed by atoms with van der Waals surface area (Å²) in [5, 5.41) is -0.0936. The van der Waals surface area contributed by atoms with Gasteiger partial charge in [-0.15, -0.1) is 0 Å². The third-order valence-corrected chi connectivity index (χ3v) is 6.03. The molecule has 0 saturated carbocycles. The molecule has 148 valence electrons. The van der Waals surface area contributed by atoms with Crippen LogP contribution in [0, 0.1) is 0 Å². The number of hydrogen-bond acceptors (Lipinski definition) is 4. The van der Waals surface area contributed by atoms with E-state index in [9.17, 15) is 26.4 Å². The standard InChI is InChI=1S/C16H21ClF3NO4S/c1-5-25-14(22)9-13(21-26(23,24)15(2,3)4)11-8-10(16(18,19)20)6-7-12(11)17/h6-8,13,21H,5,9H2,1-4H3/t13-/m0/s1. The molecule has 0 radical (unpaired) electrons. The van der Waals surface area contributed by atoms with Crippen molar-refractivity contribution in [2.24, 2.45) is 0 Å². The first-order chi connectivity index (χ1) is 11.7. The van der Waals surface area contributed by atoms with Gasteiger partial charge in [0.25, 0.3) is 0 Å². The van der Waals surface area contributed by atoms with Crippen molar-refractivity contribution in [2.75, 3.05) is 6.61 Å². The Kier molecular flexibility index (Phi) is 7.11. The van der Waals surface area contributed by atoms with Gasteiger partial charge in [-0.25, -0.2) is 13.1 Å². The van der Waals surface area contributed by atoms with Crippen LogP contribution in [-0.4, -0.2) is 25.7 Å². The van der Waals surface area contributed by atoms with E-state index in [4.69, 9.17) is 16.3 Å². The minimum absolute atomic E-state index is 0.0495. The molecule has 0 aliphatic heterocycles. The lowest BCUT2D eigenvalue weighted by Crippen LogP contribution is -2.42. The van der Waals surface area contributed by atoms with Crippen molar-refractivity contribution in [3.63, 3.8) is 0 Å². The fourth-order valence-corrected chi connectivity index (χ4v) is 3.14. The van der Waals surface area contributed by atoms with Crippen molar-refractivity contribution in [2.45, 2.75) is 51.1 Å². The molecule has 10 heteroatoms. The number of carbonyl (C=O) groups is 1. The second-order valence-corrected chi connectivity index (χ2v) is 9.40. The Balaban J connectivity index is 3.39. The summed E-state index contributed by atoms with van der Waals surface area (Å²) in [5.41, 5.74) is -1.15. The molecular formula is C16H21ClF3NO4S. The molecule has 5 nitrogen and oxygen atoms in total. The monoisotopic (exact) mass is 415 g/mol. The average Bonchev–Trinajstić information content (AvgIpc) is 2.44. The summed E-state index contributed by atoms with van der Waals surface area (Å²) in [7, 11) is -3.97. The van der Waals surface area contributed by atoms with E-state index in [1.807, 2.05) is 0 Å². The number of esters is 1. The Morgan fingerprint density at radius 1 is 1.27 bits per heavy atom. The number of rotatable bonds is 6. The quantitative estimate of drug-likeness (QED) is 0.711. The second kappa shape index (κ2) is 8.14. The normalized spacial score (nSPS) is 14.2. The molecule has 1 aromatic rings. The van der Waals surface area contributed by atoms with Gasteiger partial charge in [-0.05, 0) is 51.5 Å². The fourth-order valence-electron chi connectivity index (χ4n) is 1.95. The number of carbonyl (C=O) groups excluding carboxylic acids is 1. The zero-order valence-corrected chi connectivity index (χ0v) is 16.3. The van der Waals surface area contributed by atoms with Gasteiger partial charge in [-0.1, -0.05) is 11.6 Å². The Hall–Kier alpha value is -1.32.